The minimum absolute atomic E-state index is 0.277. The van der Waals surface area contributed by atoms with Gasteiger partial charge in [-0.2, -0.15) is 0 Å². The van der Waals surface area contributed by atoms with E-state index in [1.807, 2.05) is 13.1 Å². The first kappa shape index (κ1) is 17.9. The molecule has 1 atom stereocenters. The molecule has 1 aliphatic heterocycles. The molecular formula is C18H32N4O. The van der Waals surface area contributed by atoms with Gasteiger partial charge >= 0.3 is 0 Å². The molecular weight excluding hydrogens is 288 g/mol. The molecule has 0 bridgehead atoms. The summed E-state index contributed by atoms with van der Waals surface area (Å²) in [5.41, 5.74) is 0. The van der Waals surface area contributed by atoms with Gasteiger partial charge in [0.25, 0.3) is 0 Å². The van der Waals surface area contributed by atoms with Crippen LogP contribution in [0.15, 0.2) is 27.8 Å². The first-order valence-electron chi connectivity index (χ1n) is 9.07. The van der Waals surface area contributed by atoms with Crippen LogP contribution in [-0.4, -0.2) is 44.1 Å². The fourth-order valence-corrected chi connectivity index (χ4v) is 3.12. The van der Waals surface area contributed by atoms with Crippen LogP contribution >= 0.6 is 0 Å². The Morgan fingerprint density at radius 1 is 1.26 bits per heavy atom. The summed E-state index contributed by atoms with van der Waals surface area (Å²) in [6, 6.07) is 4.34. The zero-order valence-corrected chi connectivity index (χ0v) is 14.7. The lowest BCUT2D eigenvalue weighted by molar-refractivity contribution is 0.146. The summed E-state index contributed by atoms with van der Waals surface area (Å²) in [5, 5.41) is 6.87. The third-order valence-electron chi connectivity index (χ3n) is 4.46. The van der Waals surface area contributed by atoms with E-state index in [2.05, 4.69) is 33.5 Å². The van der Waals surface area contributed by atoms with Crippen molar-refractivity contribution in [3.63, 3.8) is 0 Å². The van der Waals surface area contributed by atoms with E-state index < -0.39 is 0 Å². The number of hydrogen-bond donors (Lipinski definition) is 2. The SMILES string of the molecule is CCCCCNC(=NC)NCC(c1ccco1)N1CCCCC1. The average molecular weight is 320 g/mol. The molecule has 5 nitrogen and oxygen atoms in total. The molecule has 2 N–H and O–H groups in total. The molecule has 1 aromatic rings. The van der Waals surface area contributed by atoms with Crippen LogP contribution in [0.5, 0.6) is 0 Å². The molecule has 0 aromatic carbocycles. The van der Waals surface area contributed by atoms with E-state index in [1.165, 1.54) is 38.5 Å². The predicted octanol–water partition coefficient (Wildman–Crippen LogP) is 3.16. The van der Waals surface area contributed by atoms with Gasteiger partial charge in [-0.15, -0.1) is 0 Å². The van der Waals surface area contributed by atoms with Gasteiger partial charge < -0.3 is 15.1 Å². The van der Waals surface area contributed by atoms with Gasteiger partial charge in [0.2, 0.25) is 0 Å². The first-order chi connectivity index (χ1) is 11.3. The number of likely N-dealkylation sites (tertiary alicyclic amines) is 1. The maximum absolute atomic E-state index is 5.69. The first-order valence-corrected chi connectivity index (χ1v) is 9.07. The van der Waals surface area contributed by atoms with Crippen molar-refractivity contribution in [1.82, 2.24) is 15.5 Å². The summed E-state index contributed by atoms with van der Waals surface area (Å²) in [7, 11) is 1.83. The van der Waals surface area contributed by atoms with E-state index in [-0.39, 0.29) is 6.04 Å². The second-order valence-electron chi connectivity index (χ2n) is 6.21. The van der Waals surface area contributed by atoms with Crippen molar-refractivity contribution in [2.24, 2.45) is 4.99 Å². The fourth-order valence-electron chi connectivity index (χ4n) is 3.12. The molecule has 23 heavy (non-hydrogen) atoms. The predicted molar refractivity (Wildman–Crippen MR) is 95.8 cm³/mol. The fraction of sp³-hybridized carbons (Fsp3) is 0.722. The standard InChI is InChI=1S/C18H32N4O/c1-3-4-6-11-20-18(19-2)21-15-16(17-10-9-14-23-17)22-12-7-5-8-13-22/h9-10,14,16H,3-8,11-13,15H2,1-2H3,(H2,19,20,21). The number of furan rings is 1. The van der Waals surface area contributed by atoms with Crippen LogP contribution in [0, 0.1) is 0 Å². The topological polar surface area (TPSA) is 52.8 Å². The van der Waals surface area contributed by atoms with Gasteiger partial charge in [-0.05, 0) is 44.5 Å². The Labute approximate surface area is 140 Å². The Kier molecular flexibility index (Phi) is 8.01. The summed E-state index contributed by atoms with van der Waals surface area (Å²) in [6.07, 6.45) is 9.35. The van der Waals surface area contributed by atoms with E-state index in [9.17, 15) is 0 Å². The van der Waals surface area contributed by atoms with Gasteiger partial charge in [-0.3, -0.25) is 9.89 Å². The highest BCUT2D eigenvalue weighted by molar-refractivity contribution is 5.79. The van der Waals surface area contributed by atoms with Crippen molar-refractivity contribution >= 4 is 5.96 Å². The second kappa shape index (κ2) is 10.3. The maximum atomic E-state index is 5.69. The Morgan fingerprint density at radius 3 is 2.74 bits per heavy atom. The van der Waals surface area contributed by atoms with Gasteiger partial charge in [0.1, 0.15) is 5.76 Å². The van der Waals surface area contributed by atoms with Gasteiger partial charge in [0.15, 0.2) is 5.96 Å². The lowest BCUT2D eigenvalue weighted by atomic mass is 10.1. The molecule has 5 heteroatoms. The number of nitrogens with zero attached hydrogens (tertiary/aromatic N) is 2. The largest absolute Gasteiger partial charge is 0.468 e. The Morgan fingerprint density at radius 2 is 2.09 bits per heavy atom. The molecule has 0 saturated carbocycles. The van der Waals surface area contributed by atoms with Gasteiger partial charge in [0, 0.05) is 20.1 Å². The van der Waals surface area contributed by atoms with Crippen LogP contribution in [0.2, 0.25) is 0 Å². The number of guanidine groups is 1. The number of piperidine rings is 1. The average Bonchev–Trinajstić information content (AvgIpc) is 3.12. The van der Waals surface area contributed by atoms with E-state index in [1.54, 1.807) is 6.26 Å². The Hall–Kier alpha value is -1.49. The summed E-state index contributed by atoms with van der Waals surface area (Å²) in [6.45, 7) is 6.31. The molecule has 2 rings (SSSR count). The minimum atomic E-state index is 0.277. The smallest absolute Gasteiger partial charge is 0.191 e. The molecule has 0 radical (unpaired) electrons. The van der Waals surface area contributed by atoms with Crippen LogP contribution < -0.4 is 10.6 Å². The zero-order valence-electron chi connectivity index (χ0n) is 14.7. The number of hydrogen-bond acceptors (Lipinski definition) is 3. The van der Waals surface area contributed by atoms with Crippen LogP contribution in [0.4, 0.5) is 0 Å². The third kappa shape index (κ3) is 5.90. The number of nitrogens with one attached hydrogen (secondary N) is 2. The van der Waals surface area contributed by atoms with Crippen LogP contribution in [0.3, 0.4) is 0 Å². The maximum Gasteiger partial charge on any atom is 0.191 e. The lowest BCUT2D eigenvalue weighted by Crippen LogP contribution is -2.44. The minimum Gasteiger partial charge on any atom is -0.468 e. The molecule has 130 valence electrons. The molecule has 1 aliphatic rings. The second-order valence-corrected chi connectivity index (χ2v) is 6.21. The summed E-state index contributed by atoms with van der Waals surface area (Å²) < 4.78 is 5.69. The van der Waals surface area contributed by atoms with Crippen molar-refractivity contribution in [2.75, 3.05) is 33.2 Å². The zero-order chi connectivity index (χ0) is 16.3. The summed E-state index contributed by atoms with van der Waals surface area (Å²) in [5.74, 6) is 1.93. The van der Waals surface area contributed by atoms with Crippen LogP contribution in [0.1, 0.15) is 57.3 Å². The molecule has 0 spiro atoms. The molecule has 0 aliphatic carbocycles. The quantitative estimate of drug-likeness (QED) is 0.439. The summed E-state index contributed by atoms with van der Waals surface area (Å²) in [4.78, 5) is 6.86. The number of rotatable bonds is 8. The molecule has 1 fully saturated rings. The van der Waals surface area contributed by atoms with Gasteiger partial charge in [-0.1, -0.05) is 26.2 Å². The normalized spacial score (nSPS) is 17.9. The monoisotopic (exact) mass is 320 g/mol. The molecule has 2 heterocycles. The van der Waals surface area contributed by atoms with Crippen molar-refractivity contribution in [3.05, 3.63) is 24.2 Å². The van der Waals surface area contributed by atoms with Crippen molar-refractivity contribution in [1.29, 1.82) is 0 Å². The van der Waals surface area contributed by atoms with Gasteiger partial charge in [-0.25, -0.2) is 0 Å². The molecule has 1 aromatic heterocycles. The van der Waals surface area contributed by atoms with E-state index in [0.717, 1.165) is 37.9 Å². The van der Waals surface area contributed by atoms with Crippen molar-refractivity contribution < 1.29 is 4.42 Å². The van der Waals surface area contributed by atoms with Gasteiger partial charge in [0.05, 0.1) is 12.3 Å². The molecule has 1 unspecified atom stereocenters. The van der Waals surface area contributed by atoms with Crippen LogP contribution in [0.25, 0.3) is 0 Å². The highest BCUT2D eigenvalue weighted by atomic mass is 16.3. The van der Waals surface area contributed by atoms with E-state index >= 15 is 0 Å². The Bertz CT molecular complexity index is 438. The van der Waals surface area contributed by atoms with E-state index in [4.69, 9.17) is 4.42 Å². The summed E-state index contributed by atoms with van der Waals surface area (Å²) >= 11 is 0. The lowest BCUT2D eigenvalue weighted by Gasteiger charge is -2.33. The third-order valence-corrected chi connectivity index (χ3v) is 4.46. The number of aliphatic imine (C=N–C) groups is 1. The highest BCUT2D eigenvalue weighted by Crippen LogP contribution is 2.24. The molecule has 0 amide bonds. The van der Waals surface area contributed by atoms with Crippen molar-refractivity contribution in [3.8, 4) is 0 Å². The molecule has 1 saturated heterocycles. The highest BCUT2D eigenvalue weighted by Gasteiger charge is 2.24. The van der Waals surface area contributed by atoms with E-state index in [0.29, 0.717) is 0 Å². The Balaban J connectivity index is 1.87. The van der Waals surface area contributed by atoms with Crippen LogP contribution in [-0.2, 0) is 0 Å². The van der Waals surface area contributed by atoms with Crippen molar-refractivity contribution in [2.45, 2.75) is 51.5 Å². The number of unbranched alkanes of at least 4 members (excludes halogenated alkanes) is 2.